The van der Waals surface area contributed by atoms with Crippen LogP contribution in [0.4, 0.5) is 0 Å². The van der Waals surface area contributed by atoms with Gasteiger partial charge in [-0.25, -0.2) is 4.79 Å². The summed E-state index contributed by atoms with van der Waals surface area (Å²) in [6, 6.07) is 0. The van der Waals surface area contributed by atoms with Crippen molar-refractivity contribution >= 4 is 17.9 Å². The Morgan fingerprint density at radius 3 is 1.90 bits per heavy atom. The standard InChI is InChI=1S/C14H24O7/c1-4-5-6-7-8-21-13(17)14(18,9-11(15)19-2)10-12(16)20-3/h18H,4-10H2,1-3H3. The first-order valence-electron chi connectivity index (χ1n) is 6.92. The second-order valence-corrected chi connectivity index (χ2v) is 4.73. The predicted octanol–water partition coefficient (Wildman–Crippen LogP) is 0.967. The second-order valence-electron chi connectivity index (χ2n) is 4.73. The molecule has 0 aromatic carbocycles. The van der Waals surface area contributed by atoms with Gasteiger partial charge in [-0.1, -0.05) is 26.2 Å². The molecule has 0 atom stereocenters. The average Bonchev–Trinajstić information content (AvgIpc) is 2.46. The Labute approximate surface area is 124 Å². The van der Waals surface area contributed by atoms with Crippen LogP contribution in [-0.2, 0) is 28.6 Å². The number of rotatable bonds is 10. The molecule has 7 heteroatoms. The SMILES string of the molecule is CCCCCCOC(=O)C(O)(CC(=O)OC)CC(=O)OC. The van der Waals surface area contributed by atoms with Gasteiger partial charge >= 0.3 is 17.9 Å². The number of hydrogen-bond acceptors (Lipinski definition) is 7. The molecule has 21 heavy (non-hydrogen) atoms. The summed E-state index contributed by atoms with van der Waals surface area (Å²) in [6.07, 6.45) is 2.30. The Kier molecular flexibility index (Phi) is 9.36. The van der Waals surface area contributed by atoms with Crippen LogP contribution in [0.3, 0.4) is 0 Å². The number of hydrogen-bond donors (Lipinski definition) is 1. The molecule has 0 amide bonds. The molecule has 0 bridgehead atoms. The average molecular weight is 304 g/mol. The third-order valence-corrected chi connectivity index (χ3v) is 2.94. The minimum absolute atomic E-state index is 0.128. The van der Waals surface area contributed by atoms with E-state index in [9.17, 15) is 19.5 Å². The summed E-state index contributed by atoms with van der Waals surface area (Å²) in [5.74, 6) is -2.65. The van der Waals surface area contributed by atoms with E-state index in [4.69, 9.17) is 4.74 Å². The van der Waals surface area contributed by atoms with Crippen molar-refractivity contribution in [3.8, 4) is 0 Å². The van der Waals surface area contributed by atoms with Crippen molar-refractivity contribution in [3.05, 3.63) is 0 Å². The maximum Gasteiger partial charge on any atom is 0.339 e. The van der Waals surface area contributed by atoms with E-state index >= 15 is 0 Å². The number of unbranched alkanes of at least 4 members (excludes halogenated alkanes) is 3. The van der Waals surface area contributed by atoms with Gasteiger partial charge in [0.1, 0.15) is 0 Å². The molecule has 0 aliphatic rings. The fourth-order valence-corrected chi connectivity index (χ4v) is 1.66. The van der Waals surface area contributed by atoms with E-state index in [-0.39, 0.29) is 6.61 Å². The van der Waals surface area contributed by atoms with Crippen LogP contribution in [0, 0.1) is 0 Å². The Balaban J connectivity index is 4.58. The van der Waals surface area contributed by atoms with Gasteiger partial charge in [-0.15, -0.1) is 0 Å². The van der Waals surface area contributed by atoms with E-state index in [2.05, 4.69) is 16.4 Å². The van der Waals surface area contributed by atoms with Crippen LogP contribution in [0.5, 0.6) is 0 Å². The lowest BCUT2D eigenvalue weighted by atomic mass is 9.95. The third-order valence-electron chi connectivity index (χ3n) is 2.94. The smallest absolute Gasteiger partial charge is 0.339 e. The van der Waals surface area contributed by atoms with Crippen LogP contribution in [0.15, 0.2) is 0 Å². The zero-order valence-corrected chi connectivity index (χ0v) is 12.8. The van der Waals surface area contributed by atoms with Gasteiger partial charge in [-0.05, 0) is 6.42 Å². The largest absolute Gasteiger partial charge is 0.469 e. The molecule has 122 valence electrons. The van der Waals surface area contributed by atoms with Gasteiger partial charge < -0.3 is 19.3 Å². The van der Waals surface area contributed by atoms with Crippen LogP contribution in [-0.4, -0.2) is 49.4 Å². The van der Waals surface area contributed by atoms with Crippen molar-refractivity contribution in [1.82, 2.24) is 0 Å². The van der Waals surface area contributed by atoms with Gasteiger partial charge in [0, 0.05) is 0 Å². The maximum absolute atomic E-state index is 11.9. The van der Waals surface area contributed by atoms with E-state index in [0.29, 0.717) is 6.42 Å². The molecule has 1 N–H and O–H groups in total. The molecule has 0 aromatic rings. The highest BCUT2D eigenvalue weighted by Crippen LogP contribution is 2.19. The monoisotopic (exact) mass is 304 g/mol. The molecule has 0 saturated heterocycles. The molecule has 0 aliphatic carbocycles. The van der Waals surface area contributed by atoms with Gasteiger partial charge in [0.2, 0.25) is 0 Å². The van der Waals surface area contributed by atoms with Crippen molar-refractivity contribution in [1.29, 1.82) is 0 Å². The van der Waals surface area contributed by atoms with E-state index < -0.39 is 36.4 Å². The summed E-state index contributed by atoms with van der Waals surface area (Å²) in [6.45, 7) is 2.18. The van der Waals surface area contributed by atoms with Crippen LogP contribution in [0.2, 0.25) is 0 Å². The molecule has 0 saturated carbocycles. The lowest BCUT2D eigenvalue weighted by Crippen LogP contribution is -2.44. The fourth-order valence-electron chi connectivity index (χ4n) is 1.66. The van der Waals surface area contributed by atoms with Crippen molar-refractivity contribution in [2.75, 3.05) is 20.8 Å². The highest BCUT2D eigenvalue weighted by Gasteiger charge is 2.43. The van der Waals surface area contributed by atoms with Crippen LogP contribution in [0.1, 0.15) is 45.4 Å². The van der Waals surface area contributed by atoms with Crippen molar-refractivity contribution in [2.24, 2.45) is 0 Å². The van der Waals surface area contributed by atoms with Crippen LogP contribution in [0.25, 0.3) is 0 Å². The summed E-state index contributed by atoms with van der Waals surface area (Å²) in [4.78, 5) is 34.5. The first kappa shape index (κ1) is 19.4. The number of carbonyl (C=O) groups is 3. The van der Waals surface area contributed by atoms with Crippen molar-refractivity contribution in [2.45, 2.75) is 51.0 Å². The molecular formula is C14H24O7. The number of aliphatic hydroxyl groups is 1. The predicted molar refractivity (Wildman–Crippen MR) is 73.3 cm³/mol. The molecular weight excluding hydrogens is 280 g/mol. The van der Waals surface area contributed by atoms with E-state index in [0.717, 1.165) is 33.5 Å². The van der Waals surface area contributed by atoms with E-state index in [1.807, 2.05) is 0 Å². The van der Waals surface area contributed by atoms with Gasteiger partial charge in [-0.2, -0.15) is 0 Å². The molecule has 0 heterocycles. The van der Waals surface area contributed by atoms with E-state index in [1.165, 1.54) is 0 Å². The Bertz CT molecular complexity index is 333. The lowest BCUT2D eigenvalue weighted by molar-refractivity contribution is -0.176. The minimum atomic E-state index is -2.26. The van der Waals surface area contributed by atoms with Gasteiger partial charge in [0.15, 0.2) is 5.60 Å². The fraction of sp³-hybridized carbons (Fsp3) is 0.786. The number of methoxy groups -OCH3 is 2. The van der Waals surface area contributed by atoms with E-state index in [1.54, 1.807) is 0 Å². The summed E-state index contributed by atoms with van der Waals surface area (Å²) >= 11 is 0. The highest BCUT2D eigenvalue weighted by molar-refractivity contribution is 5.90. The zero-order valence-electron chi connectivity index (χ0n) is 12.8. The molecule has 0 aromatic heterocycles. The molecule has 0 fully saturated rings. The minimum Gasteiger partial charge on any atom is -0.469 e. The number of esters is 3. The molecule has 0 rings (SSSR count). The Morgan fingerprint density at radius 1 is 0.952 bits per heavy atom. The zero-order chi connectivity index (χ0) is 16.3. The summed E-state index contributed by atoms with van der Waals surface area (Å²) in [5, 5.41) is 10.2. The Morgan fingerprint density at radius 2 is 1.48 bits per heavy atom. The summed E-state index contributed by atoms with van der Waals surface area (Å²) in [5.41, 5.74) is -2.26. The van der Waals surface area contributed by atoms with Gasteiger partial charge in [-0.3, -0.25) is 9.59 Å². The van der Waals surface area contributed by atoms with Crippen molar-refractivity contribution in [3.63, 3.8) is 0 Å². The number of ether oxygens (including phenoxy) is 3. The molecule has 0 spiro atoms. The first-order valence-corrected chi connectivity index (χ1v) is 6.92. The molecule has 0 unspecified atom stereocenters. The molecule has 0 radical (unpaired) electrons. The quantitative estimate of drug-likeness (QED) is 0.364. The number of carbonyl (C=O) groups excluding carboxylic acids is 3. The topological polar surface area (TPSA) is 99.1 Å². The Hall–Kier alpha value is -1.63. The molecule has 7 nitrogen and oxygen atoms in total. The highest BCUT2D eigenvalue weighted by atomic mass is 16.6. The third kappa shape index (κ3) is 7.65. The van der Waals surface area contributed by atoms with Gasteiger partial charge in [0.25, 0.3) is 0 Å². The lowest BCUT2D eigenvalue weighted by Gasteiger charge is -2.23. The summed E-state index contributed by atoms with van der Waals surface area (Å²) in [7, 11) is 2.24. The summed E-state index contributed by atoms with van der Waals surface area (Å²) < 4.78 is 13.8. The maximum atomic E-state index is 11.9. The second kappa shape index (κ2) is 10.1. The van der Waals surface area contributed by atoms with Crippen molar-refractivity contribution < 1.29 is 33.7 Å². The molecule has 0 aliphatic heterocycles. The first-order chi connectivity index (χ1) is 9.89. The van der Waals surface area contributed by atoms with Gasteiger partial charge in [0.05, 0.1) is 33.7 Å². The normalized spacial score (nSPS) is 10.9. The van der Waals surface area contributed by atoms with Crippen LogP contribution >= 0.6 is 0 Å². The van der Waals surface area contributed by atoms with Crippen LogP contribution < -0.4 is 0 Å².